The van der Waals surface area contributed by atoms with E-state index in [9.17, 15) is 9.59 Å². The number of aromatic nitrogens is 1. The second kappa shape index (κ2) is 7.39. The topological polar surface area (TPSA) is 88.5 Å². The molecular formula is C12H16N2O4. The molecule has 1 rings (SSSR count). The predicted octanol–water partition coefficient (Wildman–Crippen LogP) is 0.936. The van der Waals surface area contributed by atoms with Gasteiger partial charge in [0.2, 0.25) is 0 Å². The number of rotatable bonds is 7. The summed E-state index contributed by atoms with van der Waals surface area (Å²) in [7, 11) is 1.63. The molecule has 0 atom stereocenters. The van der Waals surface area contributed by atoms with Gasteiger partial charge in [0.15, 0.2) is 0 Å². The van der Waals surface area contributed by atoms with Crippen LogP contribution in [0.3, 0.4) is 0 Å². The van der Waals surface area contributed by atoms with E-state index in [4.69, 9.17) is 9.84 Å². The molecule has 2 N–H and O–H groups in total. The molecule has 0 fully saturated rings. The van der Waals surface area contributed by atoms with Gasteiger partial charge >= 0.3 is 5.97 Å². The summed E-state index contributed by atoms with van der Waals surface area (Å²) in [5.74, 6) is -1.36. The lowest BCUT2D eigenvalue weighted by Gasteiger charge is -2.04. The maximum Gasteiger partial charge on any atom is 0.354 e. The number of pyridine rings is 1. The molecule has 0 aliphatic carbocycles. The van der Waals surface area contributed by atoms with Crippen molar-refractivity contribution >= 4 is 11.9 Å². The fourth-order valence-electron chi connectivity index (χ4n) is 1.33. The Labute approximate surface area is 105 Å². The fourth-order valence-corrected chi connectivity index (χ4v) is 1.33. The van der Waals surface area contributed by atoms with Crippen LogP contribution in [0.4, 0.5) is 0 Å². The van der Waals surface area contributed by atoms with E-state index in [2.05, 4.69) is 10.3 Å². The third-order valence-electron chi connectivity index (χ3n) is 2.31. The largest absolute Gasteiger partial charge is 0.477 e. The van der Waals surface area contributed by atoms with Gasteiger partial charge in [-0.25, -0.2) is 9.78 Å². The second-order valence-corrected chi connectivity index (χ2v) is 3.69. The average molecular weight is 252 g/mol. The zero-order valence-corrected chi connectivity index (χ0v) is 10.2. The minimum atomic E-state index is -1.11. The summed E-state index contributed by atoms with van der Waals surface area (Å²) >= 11 is 0. The zero-order chi connectivity index (χ0) is 13.4. The van der Waals surface area contributed by atoms with Crippen LogP contribution in [0.25, 0.3) is 0 Å². The number of nitrogens with zero attached hydrogens (tertiary/aromatic N) is 1. The number of methoxy groups -OCH3 is 1. The molecule has 0 aromatic carbocycles. The SMILES string of the molecule is COCCCCNC(=O)c1ccc(C(=O)O)nc1. The van der Waals surface area contributed by atoms with Crippen molar-refractivity contribution in [1.82, 2.24) is 10.3 Å². The van der Waals surface area contributed by atoms with Crippen molar-refractivity contribution < 1.29 is 19.4 Å². The molecular weight excluding hydrogens is 236 g/mol. The molecule has 1 heterocycles. The maximum atomic E-state index is 11.6. The Morgan fingerprint density at radius 1 is 1.39 bits per heavy atom. The Kier molecular flexibility index (Phi) is 5.79. The van der Waals surface area contributed by atoms with Gasteiger partial charge in [-0.05, 0) is 25.0 Å². The normalized spacial score (nSPS) is 10.1. The van der Waals surface area contributed by atoms with Crippen LogP contribution in [0.5, 0.6) is 0 Å². The van der Waals surface area contributed by atoms with Gasteiger partial charge in [0.05, 0.1) is 5.56 Å². The number of aromatic carboxylic acids is 1. The van der Waals surface area contributed by atoms with Crippen LogP contribution in [-0.2, 0) is 4.74 Å². The van der Waals surface area contributed by atoms with E-state index in [1.165, 1.54) is 18.3 Å². The van der Waals surface area contributed by atoms with Crippen molar-refractivity contribution in [2.24, 2.45) is 0 Å². The highest BCUT2D eigenvalue weighted by Gasteiger charge is 2.08. The monoisotopic (exact) mass is 252 g/mol. The number of carbonyl (C=O) groups is 2. The number of carbonyl (C=O) groups excluding carboxylic acids is 1. The van der Waals surface area contributed by atoms with E-state index >= 15 is 0 Å². The molecule has 1 amide bonds. The molecule has 0 saturated carbocycles. The molecule has 1 aromatic rings. The molecule has 0 aliphatic heterocycles. The van der Waals surface area contributed by atoms with Gasteiger partial charge < -0.3 is 15.2 Å². The van der Waals surface area contributed by atoms with Crippen LogP contribution in [0.1, 0.15) is 33.7 Å². The first-order valence-corrected chi connectivity index (χ1v) is 5.61. The maximum absolute atomic E-state index is 11.6. The quantitative estimate of drug-likeness (QED) is 0.705. The van der Waals surface area contributed by atoms with Gasteiger partial charge in [0, 0.05) is 26.5 Å². The van der Waals surface area contributed by atoms with Gasteiger partial charge in [-0.3, -0.25) is 4.79 Å². The second-order valence-electron chi connectivity index (χ2n) is 3.69. The Bertz CT molecular complexity index is 403. The van der Waals surface area contributed by atoms with Gasteiger partial charge in [-0.2, -0.15) is 0 Å². The molecule has 98 valence electrons. The van der Waals surface area contributed by atoms with Crippen LogP contribution in [0.15, 0.2) is 18.3 Å². The Balaban J connectivity index is 2.39. The Hall–Kier alpha value is -1.95. The first-order chi connectivity index (χ1) is 8.65. The summed E-state index contributed by atoms with van der Waals surface area (Å²) in [5, 5.41) is 11.4. The lowest BCUT2D eigenvalue weighted by atomic mass is 10.2. The summed E-state index contributed by atoms with van der Waals surface area (Å²) in [6, 6.07) is 2.75. The van der Waals surface area contributed by atoms with Crippen LogP contribution < -0.4 is 5.32 Å². The van der Waals surface area contributed by atoms with Crippen LogP contribution in [0.2, 0.25) is 0 Å². The van der Waals surface area contributed by atoms with E-state index in [-0.39, 0.29) is 11.6 Å². The third kappa shape index (κ3) is 4.50. The van der Waals surface area contributed by atoms with Gasteiger partial charge in [-0.15, -0.1) is 0 Å². The van der Waals surface area contributed by atoms with Crippen LogP contribution >= 0.6 is 0 Å². The molecule has 0 radical (unpaired) electrons. The van der Waals surface area contributed by atoms with Crippen LogP contribution in [0, 0.1) is 0 Å². The van der Waals surface area contributed by atoms with Gasteiger partial charge in [0.25, 0.3) is 5.91 Å². The van der Waals surface area contributed by atoms with E-state index in [0.717, 1.165) is 12.8 Å². The summed E-state index contributed by atoms with van der Waals surface area (Å²) in [5.41, 5.74) is 0.276. The smallest absolute Gasteiger partial charge is 0.354 e. The Morgan fingerprint density at radius 2 is 2.17 bits per heavy atom. The third-order valence-corrected chi connectivity index (χ3v) is 2.31. The van der Waals surface area contributed by atoms with Gasteiger partial charge in [0.1, 0.15) is 5.69 Å². The molecule has 0 spiro atoms. The number of hydrogen-bond acceptors (Lipinski definition) is 4. The molecule has 18 heavy (non-hydrogen) atoms. The first kappa shape index (κ1) is 14.1. The van der Waals surface area contributed by atoms with E-state index in [0.29, 0.717) is 18.7 Å². The first-order valence-electron chi connectivity index (χ1n) is 5.61. The molecule has 1 aromatic heterocycles. The number of nitrogens with one attached hydrogen (secondary N) is 1. The number of carboxylic acids is 1. The summed E-state index contributed by atoms with van der Waals surface area (Å²) in [4.78, 5) is 25.9. The van der Waals surface area contributed by atoms with Crippen LogP contribution in [-0.4, -0.2) is 42.2 Å². The van der Waals surface area contributed by atoms with Crippen molar-refractivity contribution in [3.05, 3.63) is 29.6 Å². The minimum absolute atomic E-state index is 0.0772. The highest BCUT2D eigenvalue weighted by atomic mass is 16.5. The number of ether oxygens (including phenoxy) is 1. The van der Waals surface area contributed by atoms with E-state index < -0.39 is 5.97 Å². The summed E-state index contributed by atoms with van der Waals surface area (Å²) in [6.45, 7) is 1.23. The summed E-state index contributed by atoms with van der Waals surface area (Å²) in [6.07, 6.45) is 2.97. The average Bonchev–Trinajstić information content (AvgIpc) is 2.38. The summed E-state index contributed by atoms with van der Waals surface area (Å²) < 4.78 is 4.89. The lowest BCUT2D eigenvalue weighted by molar-refractivity contribution is 0.0689. The minimum Gasteiger partial charge on any atom is -0.477 e. The molecule has 0 saturated heterocycles. The number of carboxylic acid groups (broad SMARTS) is 1. The molecule has 0 aliphatic rings. The highest BCUT2D eigenvalue weighted by Crippen LogP contribution is 2.00. The fraction of sp³-hybridized carbons (Fsp3) is 0.417. The van der Waals surface area contributed by atoms with Crippen molar-refractivity contribution in [1.29, 1.82) is 0 Å². The molecule has 6 nitrogen and oxygen atoms in total. The molecule has 0 unspecified atom stereocenters. The van der Waals surface area contributed by atoms with Crippen molar-refractivity contribution in [2.45, 2.75) is 12.8 Å². The van der Waals surface area contributed by atoms with E-state index in [1.54, 1.807) is 7.11 Å². The number of hydrogen-bond donors (Lipinski definition) is 2. The highest BCUT2D eigenvalue weighted by molar-refractivity contribution is 5.94. The standard InChI is InChI=1S/C12H16N2O4/c1-18-7-3-2-6-13-11(15)9-4-5-10(12(16)17)14-8-9/h4-5,8H,2-3,6-7H2,1H3,(H,13,15)(H,16,17). The molecule has 0 bridgehead atoms. The number of amides is 1. The van der Waals surface area contributed by atoms with Crippen molar-refractivity contribution in [2.75, 3.05) is 20.3 Å². The zero-order valence-electron chi connectivity index (χ0n) is 10.2. The van der Waals surface area contributed by atoms with Crippen molar-refractivity contribution in [3.8, 4) is 0 Å². The van der Waals surface area contributed by atoms with E-state index in [1.807, 2.05) is 0 Å². The van der Waals surface area contributed by atoms with Crippen molar-refractivity contribution in [3.63, 3.8) is 0 Å². The van der Waals surface area contributed by atoms with Gasteiger partial charge in [-0.1, -0.05) is 0 Å². The lowest BCUT2D eigenvalue weighted by Crippen LogP contribution is -2.24. The Morgan fingerprint density at radius 3 is 2.72 bits per heavy atom. The molecule has 6 heteroatoms. The predicted molar refractivity (Wildman–Crippen MR) is 64.6 cm³/mol. The number of unbranched alkanes of at least 4 members (excludes halogenated alkanes) is 1.